The van der Waals surface area contributed by atoms with Gasteiger partial charge in [0.25, 0.3) is 5.91 Å². The quantitative estimate of drug-likeness (QED) is 0.493. The lowest BCUT2D eigenvalue weighted by atomic mass is 10.0. The number of carbonyl (C=O) groups excluding carboxylic acids is 1. The molecule has 0 aliphatic carbocycles. The lowest BCUT2D eigenvalue weighted by Crippen LogP contribution is -2.34. The van der Waals surface area contributed by atoms with Crippen LogP contribution in [0.25, 0.3) is 0 Å². The molecule has 0 heterocycles. The van der Waals surface area contributed by atoms with Gasteiger partial charge >= 0.3 is 0 Å². The molecule has 0 saturated carbocycles. The zero-order chi connectivity index (χ0) is 21.3. The van der Waals surface area contributed by atoms with E-state index in [0.717, 1.165) is 17.9 Å². The molecule has 30 heavy (non-hydrogen) atoms. The molecule has 0 atom stereocenters. The van der Waals surface area contributed by atoms with E-state index in [2.05, 4.69) is 36.6 Å². The largest absolute Gasteiger partial charge is 0.493 e. The van der Waals surface area contributed by atoms with Crippen molar-refractivity contribution < 1.29 is 9.53 Å². The minimum Gasteiger partial charge on any atom is -0.493 e. The second kappa shape index (κ2) is 10.6. The second-order valence-electron chi connectivity index (χ2n) is 7.29. The summed E-state index contributed by atoms with van der Waals surface area (Å²) in [6, 6.07) is 25.3. The molecule has 0 aliphatic rings. The lowest BCUT2D eigenvalue weighted by Gasteiger charge is -2.11. The molecule has 0 bridgehead atoms. The molecular formula is C25H26N2O2S. The normalized spacial score (nSPS) is 10.5. The third-order valence-electron chi connectivity index (χ3n) is 4.68. The van der Waals surface area contributed by atoms with Gasteiger partial charge in [0.15, 0.2) is 5.11 Å². The summed E-state index contributed by atoms with van der Waals surface area (Å²) in [5, 5.41) is 5.99. The number of anilines is 1. The molecule has 3 aromatic rings. The van der Waals surface area contributed by atoms with Crippen molar-refractivity contribution in [2.45, 2.75) is 26.2 Å². The van der Waals surface area contributed by atoms with E-state index in [9.17, 15) is 4.79 Å². The van der Waals surface area contributed by atoms with E-state index in [0.29, 0.717) is 18.1 Å². The first kappa shape index (κ1) is 21.5. The molecular weight excluding hydrogens is 392 g/mol. The van der Waals surface area contributed by atoms with Crippen LogP contribution in [0.5, 0.6) is 5.75 Å². The van der Waals surface area contributed by atoms with Gasteiger partial charge in [-0.25, -0.2) is 0 Å². The van der Waals surface area contributed by atoms with Crippen LogP contribution >= 0.6 is 12.2 Å². The molecule has 1 amide bonds. The number of benzene rings is 3. The van der Waals surface area contributed by atoms with Crippen molar-refractivity contribution >= 4 is 28.9 Å². The third-order valence-corrected chi connectivity index (χ3v) is 4.89. The van der Waals surface area contributed by atoms with Gasteiger partial charge in [0.05, 0.1) is 6.61 Å². The molecule has 0 saturated heterocycles. The van der Waals surface area contributed by atoms with Crippen LogP contribution in [0, 0.1) is 0 Å². The Bertz CT molecular complexity index is 968. The first-order chi connectivity index (χ1) is 14.5. The molecule has 0 radical (unpaired) electrons. The first-order valence-electron chi connectivity index (χ1n) is 10.0. The summed E-state index contributed by atoms with van der Waals surface area (Å²) in [7, 11) is 0. The maximum Gasteiger partial charge on any atom is 0.257 e. The van der Waals surface area contributed by atoms with Crippen LogP contribution in [-0.2, 0) is 6.42 Å². The standard InChI is InChI=1S/C25H26N2O2S/c1-18(2)20-8-10-21(11-9-20)24(28)27-25(30)26-22-12-14-23(15-13-22)29-17-16-19-6-4-3-5-7-19/h3-15,18H,16-17H2,1-2H3,(H2,26,27,28,30). The van der Waals surface area contributed by atoms with Gasteiger partial charge < -0.3 is 10.1 Å². The molecule has 2 N–H and O–H groups in total. The van der Waals surface area contributed by atoms with Crippen LogP contribution in [0.2, 0.25) is 0 Å². The number of ether oxygens (including phenoxy) is 1. The maximum absolute atomic E-state index is 12.4. The number of hydrogen-bond donors (Lipinski definition) is 2. The highest BCUT2D eigenvalue weighted by molar-refractivity contribution is 7.80. The Morgan fingerprint density at radius 2 is 1.60 bits per heavy atom. The van der Waals surface area contributed by atoms with Crippen molar-refractivity contribution in [3.8, 4) is 5.75 Å². The predicted molar refractivity (Wildman–Crippen MR) is 126 cm³/mol. The topological polar surface area (TPSA) is 50.4 Å². The maximum atomic E-state index is 12.4. The van der Waals surface area contributed by atoms with E-state index in [-0.39, 0.29) is 11.0 Å². The average Bonchev–Trinajstić information content (AvgIpc) is 2.75. The Kier molecular flexibility index (Phi) is 7.57. The Morgan fingerprint density at radius 3 is 2.23 bits per heavy atom. The summed E-state index contributed by atoms with van der Waals surface area (Å²) in [6.45, 7) is 4.85. The average molecular weight is 419 g/mol. The molecule has 5 heteroatoms. The number of rotatable bonds is 7. The molecule has 0 aromatic heterocycles. The van der Waals surface area contributed by atoms with Crippen LogP contribution in [0.3, 0.4) is 0 Å². The summed E-state index contributed by atoms with van der Waals surface area (Å²) in [6.07, 6.45) is 0.856. The summed E-state index contributed by atoms with van der Waals surface area (Å²) in [4.78, 5) is 12.4. The molecule has 0 aliphatic heterocycles. The summed E-state index contributed by atoms with van der Waals surface area (Å²) in [5.74, 6) is 0.982. The molecule has 4 nitrogen and oxygen atoms in total. The van der Waals surface area contributed by atoms with Crippen LogP contribution in [0.1, 0.15) is 41.3 Å². The van der Waals surface area contributed by atoms with Crippen LogP contribution in [-0.4, -0.2) is 17.6 Å². The molecule has 3 rings (SSSR count). The summed E-state index contributed by atoms with van der Waals surface area (Å²) < 4.78 is 5.79. The number of carbonyl (C=O) groups is 1. The minimum atomic E-state index is -0.233. The van der Waals surface area contributed by atoms with Crippen molar-refractivity contribution in [3.63, 3.8) is 0 Å². The van der Waals surface area contributed by atoms with Crippen molar-refractivity contribution in [1.29, 1.82) is 0 Å². The van der Waals surface area contributed by atoms with Crippen molar-refractivity contribution in [3.05, 3.63) is 95.6 Å². The Balaban J connectivity index is 1.46. The van der Waals surface area contributed by atoms with Crippen molar-refractivity contribution in [1.82, 2.24) is 5.32 Å². The van der Waals surface area contributed by atoms with Crippen molar-refractivity contribution in [2.75, 3.05) is 11.9 Å². The molecule has 0 fully saturated rings. The Labute approximate surface area is 183 Å². The SMILES string of the molecule is CC(C)c1ccc(C(=O)NC(=S)Nc2ccc(OCCc3ccccc3)cc2)cc1. The van der Waals surface area contributed by atoms with E-state index in [4.69, 9.17) is 17.0 Å². The van der Waals surface area contributed by atoms with Gasteiger partial charge in [-0.3, -0.25) is 10.1 Å². The van der Waals surface area contributed by atoms with Crippen LogP contribution < -0.4 is 15.4 Å². The van der Waals surface area contributed by atoms with E-state index < -0.39 is 0 Å². The van der Waals surface area contributed by atoms with E-state index in [1.807, 2.05) is 66.7 Å². The van der Waals surface area contributed by atoms with Gasteiger partial charge in [0.2, 0.25) is 0 Å². The van der Waals surface area contributed by atoms with Crippen LogP contribution in [0.15, 0.2) is 78.9 Å². The minimum absolute atomic E-state index is 0.233. The van der Waals surface area contributed by atoms with Gasteiger partial charge in [0, 0.05) is 17.7 Å². The molecule has 0 spiro atoms. The number of amides is 1. The fourth-order valence-electron chi connectivity index (χ4n) is 2.92. The number of nitrogens with one attached hydrogen (secondary N) is 2. The molecule has 154 valence electrons. The number of hydrogen-bond acceptors (Lipinski definition) is 3. The molecule has 3 aromatic carbocycles. The lowest BCUT2D eigenvalue weighted by molar-refractivity contribution is 0.0977. The van der Waals surface area contributed by atoms with Gasteiger partial charge in [-0.15, -0.1) is 0 Å². The smallest absolute Gasteiger partial charge is 0.257 e. The highest BCUT2D eigenvalue weighted by Gasteiger charge is 2.09. The second-order valence-corrected chi connectivity index (χ2v) is 7.70. The molecule has 0 unspecified atom stereocenters. The van der Waals surface area contributed by atoms with Gasteiger partial charge in [-0.2, -0.15) is 0 Å². The van der Waals surface area contributed by atoms with Gasteiger partial charge in [-0.1, -0.05) is 56.3 Å². The zero-order valence-corrected chi connectivity index (χ0v) is 18.0. The zero-order valence-electron chi connectivity index (χ0n) is 17.2. The van der Waals surface area contributed by atoms with Gasteiger partial charge in [0.1, 0.15) is 5.75 Å². The Morgan fingerprint density at radius 1 is 0.933 bits per heavy atom. The third kappa shape index (κ3) is 6.42. The van der Waals surface area contributed by atoms with Crippen LogP contribution in [0.4, 0.5) is 5.69 Å². The number of thiocarbonyl (C=S) groups is 1. The van der Waals surface area contributed by atoms with E-state index >= 15 is 0 Å². The highest BCUT2D eigenvalue weighted by Crippen LogP contribution is 2.17. The summed E-state index contributed by atoms with van der Waals surface area (Å²) in [5.41, 5.74) is 3.80. The Hall–Kier alpha value is -3.18. The van der Waals surface area contributed by atoms with Gasteiger partial charge in [-0.05, 0) is 65.7 Å². The fourth-order valence-corrected chi connectivity index (χ4v) is 3.13. The van der Waals surface area contributed by atoms with E-state index in [1.54, 1.807) is 0 Å². The monoisotopic (exact) mass is 418 g/mol. The summed E-state index contributed by atoms with van der Waals surface area (Å²) >= 11 is 5.26. The van der Waals surface area contributed by atoms with E-state index in [1.165, 1.54) is 11.1 Å². The predicted octanol–water partition coefficient (Wildman–Crippen LogP) is 5.56. The van der Waals surface area contributed by atoms with Crippen molar-refractivity contribution in [2.24, 2.45) is 0 Å². The highest BCUT2D eigenvalue weighted by atomic mass is 32.1. The first-order valence-corrected chi connectivity index (χ1v) is 10.4. The fraction of sp³-hybridized carbons (Fsp3) is 0.200.